The minimum atomic E-state index is -3.84. The standard InChI is InChI=1S/C17H23N3O4S/c21-17(19-25(22,23)20-7-9-24-10-8-20)18-16-14-5-1-3-12(14)11-13-4-2-6-15(13)16/h11H,1-10H2,(H2,18,19,21). The van der Waals surface area contributed by atoms with Gasteiger partial charge in [-0.3, -0.25) is 0 Å². The van der Waals surface area contributed by atoms with Crippen LogP contribution in [0.3, 0.4) is 0 Å². The first-order valence-corrected chi connectivity index (χ1v) is 10.3. The van der Waals surface area contributed by atoms with Crippen LogP contribution in [0, 0.1) is 0 Å². The molecule has 0 spiro atoms. The lowest BCUT2D eigenvalue weighted by molar-refractivity contribution is 0.0726. The molecule has 1 aromatic carbocycles. The molecule has 0 atom stereocenters. The second kappa shape index (κ2) is 6.59. The van der Waals surface area contributed by atoms with E-state index in [0.717, 1.165) is 44.2 Å². The van der Waals surface area contributed by atoms with Gasteiger partial charge in [-0.05, 0) is 60.8 Å². The molecule has 0 bridgehead atoms. The quantitative estimate of drug-likeness (QED) is 0.847. The number of ether oxygens (including phenoxy) is 1. The molecule has 1 heterocycles. The number of carbonyl (C=O) groups is 1. The monoisotopic (exact) mass is 365 g/mol. The van der Waals surface area contributed by atoms with Crippen LogP contribution in [0.1, 0.15) is 35.1 Å². The fourth-order valence-corrected chi connectivity index (χ4v) is 5.12. The molecule has 1 aromatic rings. The number of rotatable bonds is 3. The maximum absolute atomic E-state index is 12.4. The molecule has 0 unspecified atom stereocenters. The highest BCUT2D eigenvalue weighted by Gasteiger charge is 2.28. The van der Waals surface area contributed by atoms with Crippen molar-refractivity contribution in [2.45, 2.75) is 38.5 Å². The van der Waals surface area contributed by atoms with E-state index in [4.69, 9.17) is 4.74 Å². The Morgan fingerprint density at radius 3 is 2.20 bits per heavy atom. The molecule has 0 radical (unpaired) electrons. The van der Waals surface area contributed by atoms with E-state index in [0.29, 0.717) is 13.2 Å². The Hall–Kier alpha value is -1.64. The van der Waals surface area contributed by atoms with Crippen LogP contribution in [-0.2, 0) is 40.6 Å². The molecular weight excluding hydrogens is 342 g/mol. The molecule has 1 saturated heterocycles. The van der Waals surface area contributed by atoms with Crippen LogP contribution in [0.5, 0.6) is 0 Å². The number of nitrogens with one attached hydrogen (secondary N) is 2. The normalized spacial score (nSPS) is 20.2. The van der Waals surface area contributed by atoms with Crippen molar-refractivity contribution >= 4 is 21.9 Å². The van der Waals surface area contributed by atoms with Crippen molar-refractivity contribution < 1.29 is 17.9 Å². The largest absolute Gasteiger partial charge is 0.379 e. The summed E-state index contributed by atoms with van der Waals surface area (Å²) < 4.78 is 33.3. The average molecular weight is 365 g/mol. The second-order valence-corrected chi connectivity index (χ2v) is 8.48. The first kappa shape index (κ1) is 16.8. The number of hydrogen-bond acceptors (Lipinski definition) is 4. The number of amides is 2. The van der Waals surface area contributed by atoms with E-state index in [2.05, 4.69) is 16.1 Å². The smallest absolute Gasteiger partial charge is 0.333 e. The van der Waals surface area contributed by atoms with Crippen LogP contribution in [0.4, 0.5) is 10.5 Å². The zero-order valence-corrected chi connectivity index (χ0v) is 15.0. The SMILES string of the molecule is O=C(Nc1c2c(cc3c1CCC3)CCC2)NS(=O)(=O)N1CCOCC1. The molecule has 0 aromatic heterocycles. The number of nitrogens with zero attached hydrogens (tertiary/aromatic N) is 1. The molecule has 1 fully saturated rings. The van der Waals surface area contributed by atoms with Gasteiger partial charge >= 0.3 is 16.2 Å². The summed E-state index contributed by atoms with van der Waals surface area (Å²) in [6.07, 6.45) is 6.11. The molecule has 25 heavy (non-hydrogen) atoms. The summed E-state index contributed by atoms with van der Waals surface area (Å²) >= 11 is 0. The molecule has 4 rings (SSSR count). The number of hydrogen-bond donors (Lipinski definition) is 2. The fourth-order valence-electron chi connectivity index (χ4n) is 4.07. The summed E-state index contributed by atoms with van der Waals surface area (Å²) in [6.45, 7) is 1.22. The third kappa shape index (κ3) is 3.26. The van der Waals surface area contributed by atoms with E-state index in [-0.39, 0.29) is 13.1 Å². The summed E-state index contributed by atoms with van der Waals surface area (Å²) in [6, 6.07) is 1.60. The minimum Gasteiger partial charge on any atom is -0.379 e. The van der Waals surface area contributed by atoms with Crippen LogP contribution in [-0.4, -0.2) is 45.1 Å². The predicted molar refractivity (Wildman–Crippen MR) is 94.0 cm³/mol. The van der Waals surface area contributed by atoms with E-state index in [1.54, 1.807) is 0 Å². The maximum atomic E-state index is 12.4. The van der Waals surface area contributed by atoms with Gasteiger partial charge in [0.25, 0.3) is 0 Å². The van der Waals surface area contributed by atoms with E-state index in [1.165, 1.54) is 26.6 Å². The van der Waals surface area contributed by atoms with Crippen molar-refractivity contribution in [3.05, 3.63) is 28.3 Å². The minimum absolute atomic E-state index is 0.263. The fraction of sp³-hybridized carbons (Fsp3) is 0.588. The number of benzene rings is 1. The maximum Gasteiger partial charge on any atom is 0.333 e. The van der Waals surface area contributed by atoms with E-state index >= 15 is 0 Å². The van der Waals surface area contributed by atoms with Crippen LogP contribution >= 0.6 is 0 Å². The lowest BCUT2D eigenvalue weighted by Gasteiger charge is -2.26. The molecule has 7 nitrogen and oxygen atoms in total. The molecule has 3 aliphatic rings. The molecule has 0 saturated carbocycles. The predicted octanol–water partition coefficient (Wildman–Crippen LogP) is 1.36. The zero-order valence-electron chi connectivity index (χ0n) is 14.1. The molecule has 2 N–H and O–H groups in total. The third-order valence-electron chi connectivity index (χ3n) is 5.24. The Labute approximate surface area is 147 Å². The third-order valence-corrected chi connectivity index (χ3v) is 6.73. The summed E-state index contributed by atoms with van der Waals surface area (Å²) in [5.41, 5.74) is 5.80. The van der Waals surface area contributed by atoms with Crippen molar-refractivity contribution in [2.24, 2.45) is 0 Å². The van der Waals surface area contributed by atoms with Gasteiger partial charge in [0, 0.05) is 18.8 Å². The summed E-state index contributed by atoms with van der Waals surface area (Å²) in [7, 11) is -3.84. The Bertz CT molecular complexity index is 768. The number of aryl methyl sites for hydroxylation is 2. The van der Waals surface area contributed by atoms with Crippen molar-refractivity contribution in [1.82, 2.24) is 9.03 Å². The van der Waals surface area contributed by atoms with E-state index in [9.17, 15) is 13.2 Å². The van der Waals surface area contributed by atoms with E-state index < -0.39 is 16.2 Å². The number of morpholine rings is 1. The highest BCUT2D eigenvalue weighted by Crippen LogP contribution is 2.38. The van der Waals surface area contributed by atoms with Gasteiger partial charge in [-0.2, -0.15) is 12.7 Å². The van der Waals surface area contributed by atoms with Gasteiger partial charge in [-0.25, -0.2) is 9.52 Å². The lowest BCUT2D eigenvalue weighted by Crippen LogP contribution is -2.49. The Morgan fingerprint density at radius 1 is 1.00 bits per heavy atom. The van der Waals surface area contributed by atoms with Gasteiger partial charge in [0.15, 0.2) is 0 Å². The lowest BCUT2D eigenvalue weighted by atomic mass is 9.99. The Morgan fingerprint density at radius 2 is 1.60 bits per heavy atom. The van der Waals surface area contributed by atoms with Gasteiger partial charge in [0.1, 0.15) is 0 Å². The van der Waals surface area contributed by atoms with Crippen LogP contribution in [0.2, 0.25) is 0 Å². The molecule has 2 amide bonds. The summed E-state index contributed by atoms with van der Waals surface area (Å²) in [5, 5.41) is 2.85. The summed E-state index contributed by atoms with van der Waals surface area (Å²) in [4.78, 5) is 12.4. The molecular formula is C17H23N3O4S. The van der Waals surface area contributed by atoms with Gasteiger partial charge < -0.3 is 10.1 Å². The average Bonchev–Trinajstić information content (AvgIpc) is 3.24. The number of anilines is 1. The molecule has 2 aliphatic carbocycles. The first-order valence-electron chi connectivity index (χ1n) is 8.88. The van der Waals surface area contributed by atoms with Crippen molar-refractivity contribution in [1.29, 1.82) is 0 Å². The zero-order chi connectivity index (χ0) is 17.4. The van der Waals surface area contributed by atoms with Crippen molar-refractivity contribution in [2.75, 3.05) is 31.6 Å². The van der Waals surface area contributed by atoms with Crippen LogP contribution in [0.25, 0.3) is 0 Å². The van der Waals surface area contributed by atoms with Crippen LogP contribution in [0.15, 0.2) is 6.07 Å². The van der Waals surface area contributed by atoms with E-state index in [1.807, 2.05) is 0 Å². The highest BCUT2D eigenvalue weighted by atomic mass is 32.2. The highest BCUT2D eigenvalue weighted by molar-refractivity contribution is 7.87. The topological polar surface area (TPSA) is 87.7 Å². The number of carbonyl (C=O) groups excluding carboxylic acids is 1. The van der Waals surface area contributed by atoms with Gasteiger partial charge in [0.2, 0.25) is 0 Å². The Balaban J connectivity index is 1.54. The molecule has 8 heteroatoms. The van der Waals surface area contributed by atoms with Crippen LogP contribution < -0.4 is 10.0 Å². The first-order chi connectivity index (χ1) is 12.0. The van der Waals surface area contributed by atoms with Crippen molar-refractivity contribution in [3.8, 4) is 0 Å². The summed E-state index contributed by atoms with van der Waals surface area (Å²) in [5.74, 6) is 0. The van der Waals surface area contributed by atoms with Gasteiger partial charge in [-0.1, -0.05) is 6.07 Å². The molecule has 1 aliphatic heterocycles. The Kier molecular flexibility index (Phi) is 4.43. The van der Waals surface area contributed by atoms with Gasteiger partial charge in [-0.15, -0.1) is 0 Å². The van der Waals surface area contributed by atoms with Gasteiger partial charge in [0.05, 0.1) is 13.2 Å². The molecule has 136 valence electrons. The number of fused-ring (bicyclic) bond motifs is 2. The van der Waals surface area contributed by atoms with Crippen molar-refractivity contribution in [3.63, 3.8) is 0 Å². The number of urea groups is 1. The second-order valence-electron chi connectivity index (χ2n) is 6.81.